The van der Waals surface area contributed by atoms with E-state index in [1.165, 1.54) is 12.1 Å². The minimum atomic E-state index is -0.307. The highest BCUT2D eigenvalue weighted by atomic mass is 19.1. The zero-order chi connectivity index (χ0) is 22.1. The SMILES string of the molecule is COc1cccc(NC(=O)N2CCCN(c3nc4cc(F)ccc4n4cccc34)CC2)c1. The second kappa shape index (κ2) is 8.37. The van der Waals surface area contributed by atoms with Crippen LogP contribution in [0, 0.1) is 5.82 Å². The number of methoxy groups -OCH3 is 1. The Kier molecular flexibility index (Phi) is 5.26. The molecular formula is C24H24FN5O2. The van der Waals surface area contributed by atoms with Gasteiger partial charge in [-0.1, -0.05) is 6.07 Å². The predicted octanol–water partition coefficient (Wildman–Crippen LogP) is 4.38. The summed E-state index contributed by atoms with van der Waals surface area (Å²) in [5.74, 6) is 1.20. The fraction of sp³-hybridized carbons (Fsp3) is 0.250. The van der Waals surface area contributed by atoms with Crippen molar-refractivity contribution in [1.29, 1.82) is 0 Å². The maximum atomic E-state index is 13.8. The van der Waals surface area contributed by atoms with E-state index in [4.69, 9.17) is 9.72 Å². The van der Waals surface area contributed by atoms with Crippen molar-refractivity contribution in [2.45, 2.75) is 6.42 Å². The number of ether oxygens (including phenoxy) is 1. The molecule has 1 aliphatic heterocycles. The Labute approximate surface area is 185 Å². The molecule has 5 rings (SSSR count). The second-order valence-corrected chi connectivity index (χ2v) is 7.82. The summed E-state index contributed by atoms with van der Waals surface area (Å²) in [6.45, 7) is 2.61. The van der Waals surface area contributed by atoms with E-state index in [9.17, 15) is 9.18 Å². The first-order valence-electron chi connectivity index (χ1n) is 10.6. The highest BCUT2D eigenvalue weighted by Crippen LogP contribution is 2.27. The van der Waals surface area contributed by atoms with Gasteiger partial charge in [0.2, 0.25) is 0 Å². The van der Waals surface area contributed by atoms with Gasteiger partial charge in [-0.2, -0.15) is 0 Å². The third-order valence-electron chi connectivity index (χ3n) is 5.80. The highest BCUT2D eigenvalue weighted by molar-refractivity contribution is 5.90. The third-order valence-corrected chi connectivity index (χ3v) is 5.80. The normalized spacial score (nSPS) is 14.6. The van der Waals surface area contributed by atoms with Gasteiger partial charge >= 0.3 is 6.03 Å². The molecule has 0 radical (unpaired) electrons. The number of anilines is 2. The van der Waals surface area contributed by atoms with Gasteiger partial charge in [0.1, 0.15) is 11.6 Å². The molecule has 4 aromatic rings. The van der Waals surface area contributed by atoms with Gasteiger partial charge in [0.25, 0.3) is 0 Å². The van der Waals surface area contributed by atoms with Gasteiger partial charge in [0.15, 0.2) is 5.82 Å². The lowest BCUT2D eigenvalue weighted by atomic mass is 10.2. The van der Waals surface area contributed by atoms with Crippen molar-refractivity contribution in [2.24, 2.45) is 0 Å². The van der Waals surface area contributed by atoms with Crippen LogP contribution in [0.3, 0.4) is 0 Å². The first-order chi connectivity index (χ1) is 15.6. The van der Waals surface area contributed by atoms with E-state index in [0.717, 1.165) is 29.8 Å². The second-order valence-electron chi connectivity index (χ2n) is 7.82. The maximum absolute atomic E-state index is 13.8. The molecule has 1 aliphatic rings. The van der Waals surface area contributed by atoms with Gasteiger partial charge in [-0.05, 0) is 42.8 Å². The molecule has 1 fully saturated rings. The van der Waals surface area contributed by atoms with Gasteiger partial charge in [-0.3, -0.25) is 0 Å². The molecule has 3 heterocycles. The molecular weight excluding hydrogens is 409 g/mol. The van der Waals surface area contributed by atoms with Crippen LogP contribution in [0.4, 0.5) is 20.7 Å². The summed E-state index contributed by atoms with van der Waals surface area (Å²) in [5.41, 5.74) is 3.15. The molecule has 1 saturated heterocycles. The smallest absolute Gasteiger partial charge is 0.321 e. The van der Waals surface area contributed by atoms with Gasteiger partial charge in [0, 0.05) is 50.2 Å². The Balaban J connectivity index is 1.36. The topological polar surface area (TPSA) is 62.1 Å². The average Bonchev–Trinajstić information content (AvgIpc) is 3.16. The van der Waals surface area contributed by atoms with Crippen molar-refractivity contribution in [3.05, 3.63) is 66.6 Å². The summed E-state index contributed by atoms with van der Waals surface area (Å²) in [4.78, 5) is 21.6. The molecule has 0 unspecified atom stereocenters. The van der Waals surface area contributed by atoms with E-state index in [1.807, 2.05) is 45.8 Å². The van der Waals surface area contributed by atoms with Crippen molar-refractivity contribution in [2.75, 3.05) is 43.5 Å². The van der Waals surface area contributed by atoms with Crippen molar-refractivity contribution >= 4 is 34.1 Å². The van der Waals surface area contributed by atoms with Crippen LogP contribution in [0.2, 0.25) is 0 Å². The number of carbonyl (C=O) groups is 1. The van der Waals surface area contributed by atoms with E-state index in [0.29, 0.717) is 36.6 Å². The van der Waals surface area contributed by atoms with Gasteiger partial charge in [0.05, 0.1) is 23.7 Å². The highest BCUT2D eigenvalue weighted by Gasteiger charge is 2.22. The fourth-order valence-electron chi connectivity index (χ4n) is 4.20. The Hall–Kier alpha value is -3.81. The summed E-state index contributed by atoms with van der Waals surface area (Å²) in [7, 11) is 1.60. The number of hydrogen-bond acceptors (Lipinski definition) is 4. The van der Waals surface area contributed by atoms with Gasteiger partial charge in [-0.15, -0.1) is 0 Å². The number of benzene rings is 2. The number of fused-ring (bicyclic) bond motifs is 3. The molecule has 32 heavy (non-hydrogen) atoms. The third kappa shape index (κ3) is 3.79. The maximum Gasteiger partial charge on any atom is 0.321 e. The molecule has 8 heteroatoms. The quantitative estimate of drug-likeness (QED) is 0.521. The molecule has 0 aliphatic carbocycles. The molecule has 0 atom stereocenters. The number of nitrogens with zero attached hydrogens (tertiary/aromatic N) is 4. The van der Waals surface area contributed by atoms with Crippen LogP contribution in [-0.4, -0.2) is 53.6 Å². The van der Waals surface area contributed by atoms with Crippen molar-refractivity contribution in [1.82, 2.24) is 14.3 Å². The minimum Gasteiger partial charge on any atom is -0.497 e. The summed E-state index contributed by atoms with van der Waals surface area (Å²) in [6.07, 6.45) is 2.77. The van der Waals surface area contributed by atoms with Crippen LogP contribution in [-0.2, 0) is 0 Å². The molecule has 2 aromatic heterocycles. The van der Waals surface area contributed by atoms with Crippen LogP contribution in [0.25, 0.3) is 16.6 Å². The van der Waals surface area contributed by atoms with Crippen molar-refractivity contribution in [3.63, 3.8) is 0 Å². The minimum absolute atomic E-state index is 0.138. The average molecular weight is 433 g/mol. The zero-order valence-electron chi connectivity index (χ0n) is 17.8. The van der Waals surface area contributed by atoms with Crippen molar-refractivity contribution < 1.29 is 13.9 Å². The Bertz CT molecular complexity index is 1290. The van der Waals surface area contributed by atoms with E-state index in [1.54, 1.807) is 19.2 Å². The Morgan fingerprint density at radius 1 is 1.03 bits per heavy atom. The van der Waals surface area contributed by atoms with Crippen LogP contribution in [0.1, 0.15) is 6.42 Å². The Morgan fingerprint density at radius 2 is 1.94 bits per heavy atom. The molecule has 2 amide bonds. The van der Waals surface area contributed by atoms with E-state index < -0.39 is 0 Å². The first-order valence-corrected chi connectivity index (χ1v) is 10.6. The van der Waals surface area contributed by atoms with Crippen LogP contribution in [0.5, 0.6) is 5.75 Å². The molecule has 0 bridgehead atoms. The largest absolute Gasteiger partial charge is 0.497 e. The lowest BCUT2D eigenvalue weighted by Crippen LogP contribution is -2.38. The lowest BCUT2D eigenvalue weighted by molar-refractivity contribution is 0.215. The predicted molar refractivity (Wildman–Crippen MR) is 123 cm³/mol. The summed E-state index contributed by atoms with van der Waals surface area (Å²) >= 11 is 0. The van der Waals surface area contributed by atoms with E-state index >= 15 is 0 Å². The van der Waals surface area contributed by atoms with E-state index in [-0.39, 0.29) is 11.8 Å². The van der Waals surface area contributed by atoms with Gasteiger partial charge in [-0.25, -0.2) is 14.2 Å². The first kappa shape index (κ1) is 20.1. The molecule has 0 saturated carbocycles. The van der Waals surface area contributed by atoms with E-state index in [2.05, 4.69) is 10.2 Å². The number of carbonyl (C=O) groups excluding carboxylic acids is 1. The fourth-order valence-corrected chi connectivity index (χ4v) is 4.20. The number of rotatable bonds is 3. The zero-order valence-corrected chi connectivity index (χ0v) is 17.8. The summed E-state index contributed by atoms with van der Waals surface area (Å²) in [6, 6.07) is 15.8. The van der Waals surface area contributed by atoms with Crippen LogP contribution < -0.4 is 15.0 Å². The number of hydrogen-bond donors (Lipinski definition) is 1. The molecule has 7 nitrogen and oxygen atoms in total. The van der Waals surface area contributed by atoms with Gasteiger partial charge < -0.3 is 24.3 Å². The summed E-state index contributed by atoms with van der Waals surface area (Å²) < 4.78 is 21.1. The lowest BCUT2D eigenvalue weighted by Gasteiger charge is -2.24. The monoisotopic (exact) mass is 433 g/mol. The van der Waals surface area contributed by atoms with Crippen LogP contribution in [0.15, 0.2) is 60.8 Å². The molecule has 2 aromatic carbocycles. The van der Waals surface area contributed by atoms with Crippen molar-refractivity contribution in [3.8, 4) is 5.75 Å². The standard InChI is InChI=1S/C24H24FN5O2/c1-32-19-6-2-5-18(16-19)26-24(31)29-11-4-10-28(13-14-29)23-22-7-3-12-30(22)21-9-8-17(25)15-20(21)27-23/h2-3,5-9,12,15-16H,4,10-11,13-14H2,1H3,(H,26,31). The molecule has 1 N–H and O–H groups in total. The summed E-state index contributed by atoms with van der Waals surface area (Å²) in [5, 5.41) is 2.95. The molecule has 164 valence electrons. The number of amides is 2. The number of urea groups is 1. The van der Waals surface area contributed by atoms with Crippen LogP contribution >= 0.6 is 0 Å². The molecule has 0 spiro atoms. The Morgan fingerprint density at radius 3 is 2.81 bits per heavy atom. The number of nitrogens with one attached hydrogen (secondary N) is 1. The number of halogens is 1. The number of aromatic nitrogens is 2.